The van der Waals surface area contributed by atoms with E-state index >= 15 is 0 Å². The highest BCUT2D eigenvalue weighted by molar-refractivity contribution is 14.1. The molecule has 152 valence electrons. The SMILES string of the molecule is CC1CCCC(C)CCC(NC(=O)C2CCCCC(I)CCC2)CCC1. The molecule has 2 aliphatic carbocycles. The van der Waals surface area contributed by atoms with Crippen LogP contribution in [0.4, 0.5) is 0 Å². The molecule has 2 rings (SSSR count). The third-order valence-corrected chi connectivity index (χ3v) is 8.00. The van der Waals surface area contributed by atoms with Gasteiger partial charge in [-0.3, -0.25) is 4.79 Å². The van der Waals surface area contributed by atoms with Gasteiger partial charge in [-0.05, 0) is 56.8 Å². The Morgan fingerprint density at radius 3 is 2.00 bits per heavy atom. The molecule has 26 heavy (non-hydrogen) atoms. The highest BCUT2D eigenvalue weighted by Gasteiger charge is 2.23. The number of alkyl halides is 1. The van der Waals surface area contributed by atoms with Gasteiger partial charge in [-0.25, -0.2) is 0 Å². The molecule has 5 unspecified atom stereocenters. The first-order valence-electron chi connectivity index (χ1n) is 11.5. The molecule has 0 heterocycles. The fourth-order valence-corrected chi connectivity index (χ4v) is 5.68. The smallest absolute Gasteiger partial charge is 0.223 e. The lowest BCUT2D eigenvalue weighted by molar-refractivity contribution is -0.126. The van der Waals surface area contributed by atoms with Gasteiger partial charge in [0.15, 0.2) is 0 Å². The van der Waals surface area contributed by atoms with Crippen LogP contribution in [0.5, 0.6) is 0 Å². The van der Waals surface area contributed by atoms with E-state index in [-0.39, 0.29) is 5.92 Å². The van der Waals surface area contributed by atoms with Gasteiger partial charge in [-0.1, -0.05) is 87.8 Å². The molecule has 0 spiro atoms. The number of nitrogens with one attached hydrogen (secondary N) is 1. The van der Waals surface area contributed by atoms with Crippen molar-refractivity contribution >= 4 is 28.5 Å². The van der Waals surface area contributed by atoms with E-state index in [0.717, 1.165) is 28.6 Å². The normalized spacial score (nSPS) is 36.0. The van der Waals surface area contributed by atoms with Crippen LogP contribution in [0.3, 0.4) is 0 Å². The summed E-state index contributed by atoms with van der Waals surface area (Å²) in [5.41, 5.74) is 0. The maximum Gasteiger partial charge on any atom is 0.223 e. The number of hydrogen-bond donors (Lipinski definition) is 1. The number of amides is 1. The molecule has 1 N–H and O–H groups in total. The van der Waals surface area contributed by atoms with Crippen molar-refractivity contribution in [3.63, 3.8) is 0 Å². The summed E-state index contributed by atoms with van der Waals surface area (Å²) in [7, 11) is 0. The molecule has 0 aromatic heterocycles. The van der Waals surface area contributed by atoms with E-state index in [0.29, 0.717) is 11.9 Å². The van der Waals surface area contributed by atoms with Crippen LogP contribution in [0.1, 0.15) is 110 Å². The topological polar surface area (TPSA) is 29.1 Å². The quantitative estimate of drug-likeness (QED) is 0.337. The van der Waals surface area contributed by atoms with Crippen LogP contribution in [-0.2, 0) is 4.79 Å². The highest BCUT2D eigenvalue weighted by atomic mass is 127. The first kappa shape index (κ1) is 22.5. The van der Waals surface area contributed by atoms with Crippen molar-refractivity contribution in [1.29, 1.82) is 0 Å². The van der Waals surface area contributed by atoms with Crippen LogP contribution in [0.15, 0.2) is 0 Å². The molecular weight excluding hydrogens is 433 g/mol. The van der Waals surface area contributed by atoms with Gasteiger partial charge in [0.1, 0.15) is 0 Å². The van der Waals surface area contributed by atoms with E-state index in [1.807, 2.05) is 0 Å². The van der Waals surface area contributed by atoms with Crippen molar-refractivity contribution in [3.05, 3.63) is 0 Å². The van der Waals surface area contributed by atoms with Gasteiger partial charge in [0, 0.05) is 15.9 Å². The maximum atomic E-state index is 13.0. The summed E-state index contributed by atoms with van der Waals surface area (Å²) in [6.07, 6.45) is 19.0. The molecule has 0 aliphatic heterocycles. The van der Waals surface area contributed by atoms with Crippen LogP contribution in [0.25, 0.3) is 0 Å². The van der Waals surface area contributed by atoms with Crippen molar-refractivity contribution in [2.45, 2.75) is 120 Å². The van der Waals surface area contributed by atoms with Gasteiger partial charge in [-0.15, -0.1) is 0 Å². The number of halogens is 1. The van der Waals surface area contributed by atoms with Crippen molar-refractivity contribution < 1.29 is 4.79 Å². The number of rotatable bonds is 2. The zero-order valence-electron chi connectivity index (χ0n) is 17.3. The zero-order chi connectivity index (χ0) is 18.8. The Kier molecular flexibility index (Phi) is 10.9. The molecule has 2 fully saturated rings. The van der Waals surface area contributed by atoms with Gasteiger partial charge in [0.05, 0.1) is 0 Å². The summed E-state index contributed by atoms with van der Waals surface area (Å²) in [6, 6.07) is 0.417. The molecule has 1 amide bonds. The monoisotopic (exact) mass is 475 g/mol. The van der Waals surface area contributed by atoms with E-state index in [2.05, 4.69) is 41.8 Å². The fraction of sp³-hybridized carbons (Fsp3) is 0.957. The first-order valence-corrected chi connectivity index (χ1v) is 12.7. The second-order valence-electron chi connectivity index (χ2n) is 9.36. The van der Waals surface area contributed by atoms with Crippen molar-refractivity contribution in [2.24, 2.45) is 17.8 Å². The molecule has 0 bridgehead atoms. The summed E-state index contributed by atoms with van der Waals surface area (Å²) in [5.74, 6) is 2.31. The lowest BCUT2D eigenvalue weighted by atomic mass is 9.93. The largest absolute Gasteiger partial charge is 0.353 e. The average molecular weight is 475 g/mol. The molecule has 0 radical (unpaired) electrons. The molecule has 2 nitrogen and oxygen atoms in total. The van der Waals surface area contributed by atoms with Crippen LogP contribution in [0.2, 0.25) is 0 Å². The summed E-state index contributed by atoms with van der Waals surface area (Å²) in [4.78, 5) is 13.0. The van der Waals surface area contributed by atoms with Crippen molar-refractivity contribution in [3.8, 4) is 0 Å². The lowest BCUT2D eigenvalue weighted by Crippen LogP contribution is -2.39. The van der Waals surface area contributed by atoms with Crippen molar-refractivity contribution in [2.75, 3.05) is 0 Å². The zero-order valence-corrected chi connectivity index (χ0v) is 19.4. The standard InChI is InChI=1S/C23H42INO/c1-18-8-5-9-19(2)16-17-22(15-6-10-18)25-23(26)20-11-3-4-13-21(24)14-7-12-20/h18-22H,3-17H2,1-2H3,(H,25,26). The van der Waals surface area contributed by atoms with Crippen LogP contribution in [-0.4, -0.2) is 15.9 Å². The van der Waals surface area contributed by atoms with Crippen molar-refractivity contribution in [1.82, 2.24) is 5.32 Å². The Labute approximate surface area is 176 Å². The number of hydrogen-bond acceptors (Lipinski definition) is 1. The molecule has 2 aliphatic rings. The second-order valence-corrected chi connectivity index (χ2v) is 11.1. The third-order valence-electron chi connectivity index (χ3n) is 6.76. The van der Waals surface area contributed by atoms with Gasteiger partial charge in [0.25, 0.3) is 0 Å². The Bertz CT molecular complexity index is 400. The first-order chi connectivity index (χ1) is 12.5. The van der Waals surface area contributed by atoms with Gasteiger partial charge in [-0.2, -0.15) is 0 Å². The average Bonchev–Trinajstić information content (AvgIpc) is 2.68. The highest BCUT2D eigenvalue weighted by Crippen LogP contribution is 2.27. The number of carbonyl (C=O) groups is 1. The summed E-state index contributed by atoms with van der Waals surface area (Å²) >= 11 is 2.61. The van der Waals surface area contributed by atoms with E-state index in [1.165, 1.54) is 83.5 Å². The van der Waals surface area contributed by atoms with E-state index in [4.69, 9.17) is 0 Å². The molecule has 0 saturated heterocycles. The fourth-order valence-electron chi connectivity index (χ4n) is 4.80. The molecule has 5 atom stereocenters. The molecule has 0 aromatic rings. The van der Waals surface area contributed by atoms with Crippen LogP contribution < -0.4 is 5.32 Å². The van der Waals surface area contributed by atoms with Crippen LogP contribution >= 0.6 is 22.6 Å². The number of carbonyl (C=O) groups excluding carboxylic acids is 1. The molecule has 2 saturated carbocycles. The predicted molar refractivity (Wildman–Crippen MR) is 121 cm³/mol. The Morgan fingerprint density at radius 1 is 0.692 bits per heavy atom. The Morgan fingerprint density at radius 2 is 1.23 bits per heavy atom. The molecular formula is C23H42INO. The second kappa shape index (κ2) is 12.6. The van der Waals surface area contributed by atoms with Gasteiger partial charge >= 0.3 is 0 Å². The minimum absolute atomic E-state index is 0.270. The summed E-state index contributed by atoms with van der Waals surface area (Å²) < 4.78 is 0.820. The van der Waals surface area contributed by atoms with Crippen LogP contribution in [0, 0.1) is 17.8 Å². The Hall–Kier alpha value is 0.200. The minimum atomic E-state index is 0.270. The lowest BCUT2D eigenvalue weighted by Gasteiger charge is -2.24. The minimum Gasteiger partial charge on any atom is -0.353 e. The summed E-state index contributed by atoms with van der Waals surface area (Å²) in [5, 5.41) is 3.50. The van der Waals surface area contributed by atoms with E-state index in [1.54, 1.807) is 0 Å². The van der Waals surface area contributed by atoms with Gasteiger partial charge in [0.2, 0.25) is 5.91 Å². The van der Waals surface area contributed by atoms with E-state index < -0.39 is 0 Å². The van der Waals surface area contributed by atoms with E-state index in [9.17, 15) is 4.79 Å². The maximum absolute atomic E-state index is 13.0. The molecule has 0 aromatic carbocycles. The summed E-state index contributed by atoms with van der Waals surface area (Å²) in [6.45, 7) is 4.81. The molecule has 3 heteroatoms. The Balaban J connectivity index is 1.86. The van der Waals surface area contributed by atoms with Gasteiger partial charge < -0.3 is 5.32 Å². The predicted octanol–water partition coefficient (Wildman–Crippen LogP) is 7.04. The third kappa shape index (κ3) is 8.93.